The van der Waals surface area contributed by atoms with E-state index >= 15 is 0 Å². The van der Waals surface area contributed by atoms with Gasteiger partial charge in [-0.05, 0) is 81.6 Å². The molecule has 0 radical (unpaired) electrons. The zero-order valence-electron chi connectivity index (χ0n) is 21.2. The minimum Gasteiger partial charge on any atom is -0.381 e. The highest BCUT2D eigenvalue weighted by molar-refractivity contribution is 5.74. The van der Waals surface area contributed by atoms with E-state index in [1.165, 1.54) is 57.8 Å². The van der Waals surface area contributed by atoms with E-state index in [2.05, 4.69) is 40.4 Å². The van der Waals surface area contributed by atoms with Crippen molar-refractivity contribution >= 4 is 6.03 Å². The fourth-order valence-electron chi connectivity index (χ4n) is 6.79. The molecule has 4 aliphatic rings. The molecule has 4 rings (SSSR count). The van der Waals surface area contributed by atoms with E-state index in [0.29, 0.717) is 24.1 Å². The van der Waals surface area contributed by atoms with Crippen molar-refractivity contribution in [1.82, 2.24) is 26.6 Å². The average molecular weight is 464 g/mol. The molecule has 7 heteroatoms. The summed E-state index contributed by atoms with van der Waals surface area (Å²) in [7, 11) is 1.83. The molecular weight excluding hydrogens is 414 g/mol. The van der Waals surface area contributed by atoms with Crippen molar-refractivity contribution in [1.29, 1.82) is 0 Å². The second-order valence-corrected chi connectivity index (χ2v) is 11.6. The zero-order valence-corrected chi connectivity index (χ0v) is 21.2. The highest BCUT2D eigenvalue weighted by atomic mass is 16.5. The first-order valence-corrected chi connectivity index (χ1v) is 13.9. The van der Waals surface area contributed by atoms with Gasteiger partial charge in [-0.25, -0.2) is 4.79 Å². The van der Waals surface area contributed by atoms with E-state index < -0.39 is 0 Å². The third-order valence-electron chi connectivity index (χ3n) is 8.97. The largest absolute Gasteiger partial charge is 0.381 e. The summed E-state index contributed by atoms with van der Waals surface area (Å²) in [5.41, 5.74) is 0. The van der Waals surface area contributed by atoms with E-state index in [-0.39, 0.29) is 18.5 Å². The number of hydrogen-bond donors (Lipinski definition) is 5. The molecule has 3 saturated carbocycles. The maximum atomic E-state index is 12.9. The van der Waals surface area contributed by atoms with Crippen LogP contribution in [0.25, 0.3) is 0 Å². The Kier molecular flexibility index (Phi) is 9.31. The first kappa shape index (κ1) is 25.2. The van der Waals surface area contributed by atoms with Gasteiger partial charge in [0.25, 0.3) is 0 Å². The molecule has 0 bridgehead atoms. The Labute approximate surface area is 201 Å². The summed E-state index contributed by atoms with van der Waals surface area (Å²) in [4.78, 5) is 12.9. The minimum atomic E-state index is -0.209. The summed E-state index contributed by atoms with van der Waals surface area (Å²) in [5.74, 6) is 2.96. The van der Waals surface area contributed by atoms with Crippen molar-refractivity contribution in [2.24, 2.45) is 23.7 Å². The number of ether oxygens (including phenoxy) is 1. The van der Waals surface area contributed by atoms with Crippen LogP contribution in [0.1, 0.15) is 90.9 Å². The average Bonchev–Trinajstić information content (AvgIpc) is 2.82. The van der Waals surface area contributed by atoms with Crippen LogP contribution in [0.3, 0.4) is 0 Å². The molecule has 6 unspecified atom stereocenters. The Balaban J connectivity index is 1.22. The maximum absolute atomic E-state index is 12.9. The van der Waals surface area contributed by atoms with Crippen LogP contribution in [0.4, 0.5) is 4.79 Å². The van der Waals surface area contributed by atoms with Crippen LogP contribution in [0.5, 0.6) is 0 Å². The van der Waals surface area contributed by atoms with Gasteiger partial charge in [-0.15, -0.1) is 0 Å². The SMILES string of the molecule is COC1CCC(CNC2CC(C(C)C)NC(NC(=O)NC3CCC4CCCCC4C3)N2)CC1. The highest BCUT2D eigenvalue weighted by Crippen LogP contribution is 2.40. The number of nitrogens with one attached hydrogen (secondary N) is 5. The smallest absolute Gasteiger partial charge is 0.317 e. The summed E-state index contributed by atoms with van der Waals surface area (Å²) in [5, 5.41) is 17.4. The molecule has 5 N–H and O–H groups in total. The van der Waals surface area contributed by atoms with Gasteiger partial charge in [-0.2, -0.15) is 0 Å². The quantitative estimate of drug-likeness (QED) is 0.398. The van der Waals surface area contributed by atoms with Gasteiger partial charge >= 0.3 is 6.03 Å². The summed E-state index contributed by atoms with van der Waals surface area (Å²) >= 11 is 0. The molecule has 1 saturated heterocycles. The lowest BCUT2D eigenvalue weighted by Gasteiger charge is -2.41. The van der Waals surface area contributed by atoms with Crippen LogP contribution in [-0.4, -0.2) is 50.3 Å². The zero-order chi connectivity index (χ0) is 23.2. The lowest BCUT2D eigenvalue weighted by Crippen LogP contribution is -2.70. The first-order chi connectivity index (χ1) is 16.0. The van der Waals surface area contributed by atoms with Crippen LogP contribution in [0, 0.1) is 23.7 Å². The third kappa shape index (κ3) is 7.30. The third-order valence-corrected chi connectivity index (χ3v) is 8.97. The Morgan fingerprint density at radius 1 is 0.909 bits per heavy atom. The maximum Gasteiger partial charge on any atom is 0.317 e. The van der Waals surface area contributed by atoms with Crippen molar-refractivity contribution in [3.63, 3.8) is 0 Å². The fraction of sp³-hybridized carbons (Fsp3) is 0.962. The number of rotatable bonds is 7. The van der Waals surface area contributed by atoms with E-state index in [0.717, 1.165) is 43.6 Å². The van der Waals surface area contributed by atoms with Gasteiger partial charge in [-0.3, -0.25) is 10.6 Å². The summed E-state index contributed by atoms with van der Waals surface area (Å²) in [6.07, 6.45) is 15.4. The van der Waals surface area contributed by atoms with Crippen molar-refractivity contribution in [2.75, 3.05) is 13.7 Å². The number of amides is 2. The predicted molar refractivity (Wildman–Crippen MR) is 133 cm³/mol. The van der Waals surface area contributed by atoms with Gasteiger partial charge in [0, 0.05) is 19.2 Å². The lowest BCUT2D eigenvalue weighted by molar-refractivity contribution is 0.0552. The van der Waals surface area contributed by atoms with Gasteiger partial charge in [0.2, 0.25) is 0 Å². The molecule has 0 aromatic heterocycles. The normalized spacial score (nSPS) is 39.6. The molecule has 190 valence electrons. The Bertz CT molecular complexity index is 609. The highest BCUT2D eigenvalue weighted by Gasteiger charge is 2.34. The second kappa shape index (κ2) is 12.2. The summed E-state index contributed by atoms with van der Waals surface area (Å²) in [6, 6.07) is 0.654. The molecule has 0 aromatic carbocycles. The Morgan fingerprint density at radius 2 is 1.67 bits per heavy atom. The molecule has 3 aliphatic carbocycles. The van der Waals surface area contributed by atoms with Crippen LogP contribution in [-0.2, 0) is 4.74 Å². The van der Waals surface area contributed by atoms with E-state index in [1.54, 1.807) is 0 Å². The van der Waals surface area contributed by atoms with Crippen molar-refractivity contribution in [2.45, 2.75) is 122 Å². The van der Waals surface area contributed by atoms with Gasteiger partial charge in [0.1, 0.15) is 6.29 Å². The number of methoxy groups -OCH3 is 1. The van der Waals surface area contributed by atoms with Gasteiger partial charge in [0.15, 0.2) is 0 Å². The first-order valence-electron chi connectivity index (χ1n) is 13.9. The van der Waals surface area contributed by atoms with Crippen LogP contribution < -0.4 is 26.6 Å². The van der Waals surface area contributed by atoms with E-state index in [9.17, 15) is 4.79 Å². The second-order valence-electron chi connectivity index (χ2n) is 11.6. The van der Waals surface area contributed by atoms with Crippen molar-refractivity contribution in [3.05, 3.63) is 0 Å². The fourth-order valence-corrected chi connectivity index (χ4v) is 6.79. The number of carbonyl (C=O) groups is 1. The molecule has 6 atom stereocenters. The van der Waals surface area contributed by atoms with Crippen molar-refractivity contribution < 1.29 is 9.53 Å². The van der Waals surface area contributed by atoms with Crippen LogP contribution in [0.2, 0.25) is 0 Å². The predicted octanol–water partition coefficient (Wildman–Crippen LogP) is 3.66. The molecule has 7 nitrogen and oxygen atoms in total. The number of hydrogen-bond acceptors (Lipinski definition) is 5. The van der Waals surface area contributed by atoms with Gasteiger partial charge in [-0.1, -0.05) is 39.5 Å². The van der Waals surface area contributed by atoms with Gasteiger partial charge in [0.05, 0.1) is 12.3 Å². The minimum absolute atomic E-state index is 0.0414. The van der Waals surface area contributed by atoms with Crippen LogP contribution in [0.15, 0.2) is 0 Å². The molecule has 33 heavy (non-hydrogen) atoms. The Morgan fingerprint density at radius 3 is 2.39 bits per heavy atom. The number of carbonyl (C=O) groups excluding carboxylic acids is 1. The Hall–Kier alpha value is -0.890. The number of urea groups is 1. The summed E-state index contributed by atoms with van der Waals surface area (Å²) in [6.45, 7) is 5.54. The number of fused-ring (bicyclic) bond motifs is 1. The van der Waals surface area contributed by atoms with Gasteiger partial charge < -0.3 is 20.7 Å². The molecule has 2 amide bonds. The molecule has 1 heterocycles. The van der Waals surface area contributed by atoms with Crippen LogP contribution >= 0.6 is 0 Å². The standard InChI is InChI=1S/C26H49N5O2/c1-17(2)23-15-24(27-16-18-8-12-22(33-3)13-9-18)30-25(29-23)31-26(32)28-21-11-10-19-6-4-5-7-20(19)14-21/h17-25,27,29-30H,4-16H2,1-3H3,(H2,28,31,32). The lowest BCUT2D eigenvalue weighted by atomic mass is 9.69. The molecule has 0 aromatic rings. The monoisotopic (exact) mass is 463 g/mol. The summed E-state index contributed by atoms with van der Waals surface area (Å²) < 4.78 is 5.52. The molecule has 4 fully saturated rings. The van der Waals surface area contributed by atoms with E-state index in [1.807, 2.05) is 7.11 Å². The molecular formula is C26H49N5O2. The van der Waals surface area contributed by atoms with E-state index in [4.69, 9.17) is 4.74 Å². The molecule has 1 aliphatic heterocycles. The van der Waals surface area contributed by atoms with Crippen molar-refractivity contribution in [3.8, 4) is 0 Å². The topological polar surface area (TPSA) is 86.5 Å². The molecule has 0 spiro atoms.